The first-order chi connectivity index (χ1) is 13.0. The first kappa shape index (κ1) is 18.9. The number of hydrogen-bond acceptors (Lipinski definition) is 4. The normalized spacial score (nSPS) is 11.8. The van der Waals surface area contributed by atoms with E-state index in [1.54, 1.807) is 0 Å². The van der Waals surface area contributed by atoms with E-state index < -0.39 is 0 Å². The summed E-state index contributed by atoms with van der Waals surface area (Å²) in [6.07, 6.45) is 0.642. The van der Waals surface area contributed by atoms with Crippen LogP contribution < -0.4 is 5.32 Å². The molecule has 0 fully saturated rings. The maximum absolute atomic E-state index is 12.8. The summed E-state index contributed by atoms with van der Waals surface area (Å²) in [5, 5.41) is 15.0. The minimum atomic E-state index is -0.322. The minimum Gasteiger partial charge on any atom is -0.325 e. The van der Waals surface area contributed by atoms with E-state index in [2.05, 4.69) is 16.4 Å². The lowest BCUT2D eigenvalue weighted by Gasteiger charge is -2.16. The molecule has 27 heavy (non-hydrogen) atoms. The fourth-order valence-electron chi connectivity index (χ4n) is 2.97. The van der Waals surface area contributed by atoms with Crippen LogP contribution in [0.4, 0.5) is 5.69 Å². The number of anilines is 1. The van der Waals surface area contributed by atoms with Gasteiger partial charge in [0.05, 0.1) is 10.8 Å². The largest absolute Gasteiger partial charge is 0.325 e. The first-order valence-electron chi connectivity index (χ1n) is 8.86. The number of nitrogens with zero attached hydrogens (tertiary/aromatic N) is 2. The Labute approximate surface area is 163 Å². The smallest absolute Gasteiger partial charge is 0.237 e. The fraction of sp³-hybridized carbons (Fsp3) is 0.227. The Morgan fingerprint density at radius 2 is 1.93 bits per heavy atom. The van der Waals surface area contributed by atoms with E-state index in [-0.39, 0.29) is 11.2 Å². The molecular weight excluding hydrogens is 354 g/mol. The van der Waals surface area contributed by atoms with Gasteiger partial charge in [-0.1, -0.05) is 49.0 Å². The topological polar surface area (TPSA) is 65.8 Å². The molecule has 0 saturated heterocycles. The molecular formula is C22H21N3OS. The van der Waals surface area contributed by atoms with Crippen molar-refractivity contribution >= 4 is 34.1 Å². The number of amides is 1. The molecule has 0 radical (unpaired) electrons. The molecule has 3 rings (SSSR count). The van der Waals surface area contributed by atoms with Gasteiger partial charge in [-0.3, -0.25) is 4.79 Å². The molecule has 0 aliphatic carbocycles. The van der Waals surface area contributed by atoms with Crippen molar-refractivity contribution < 1.29 is 4.79 Å². The van der Waals surface area contributed by atoms with Crippen molar-refractivity contribution in [2.24, 2.45) is 0 Å². The van der Waals surface area contributed by atoms with Crippen molar-refractivity contribution in [3.8, 4) is 6.07 Å². The summed E-state index contributed by atoms with van der Waals surface area (Å²) < 4.78 is 0. The van der Waals surface area contributed by atoms with Gasteiger partial charge in [0.25, 0.3) is 0 Å². The van der Waals surface area contributed by atoms with Gasteiger partial charge in [0.1, 0.15) is 11.1 Å². The van der Waals surface area contributed by atoms with Crippen molar-refractivity contribution in [2.45, 2.75) is 37.5 Å². The average Bonchev–Trinajstić information content (AvgIpc) is 2.65. The van der Waals surface area contributed by atoms with Crippen molar-refractivity contribution in [1.29, 1.82) is 5.26 Å². The number of rotatable bonds is 5. The molecule has 0 aliphatic rings. The first-order valence-corrected chi connectivity index (χ1v) is 9.74. The number of hydrogen-bond donors (Lipinski definition) is 1. The molecule has 136 valence electrons. The maximum atomic E-state index is 12.8. The van der Waals surface area contributed by atoms with Crippen LogP contribution >= 0.6 is 11.8 Å². The number of pyridine rings is 1. The summed E-state index contributed by atoms with van der Waals surface area (Å²) in [6.45, 7) is 5.76. The second-order valence-corrected chi connectivity index (χ2v) is 7.63. The summed E-state index contributed by atoms with van der Waals surface area (Å²) in [4.78, 5) is 17.3. The van der Waals surface area contributed by atoms with E-state index in [1.807, 2.05) is 69.3 Å². The Hall–Kier alpha value is -2.84. The van der Waals surface area contributed by atoms with Crippen LogP contribution in [0.5, 0.6) is 0 Å². The van der Waals surface area contributed by atoms with Crippen LogP contribution in [-0.4, -0.2) is 16.1 Å². The SMILES string of the molecule is CC[C@H](Sc1nc(C)cc(C)c1C#N)C(=O)Nc1ccc2ccccc2c1. The number of benzene rings is 2. The van der Waals surface area contributed by atoms with Gasteiger partial charge in [0.15, 0.2) is 0 Å². The lowest BCUT2D eigenvalue weighted by Crippen LogP contribution is -2.24. The Morgan fingerprint density at radius 1 is 1.19 bits per heavy atom. The molecule has 1 aromatic heterocycles. The summed E-state index contributed by atoms with van der Waals surface area (Å²) in [5.74, 6) is -0.0809. The number of fused-ring (bicyclic) bond motifs is 1. The molecule has 1 amide bonds. The molecule has 0 bridgehead atoms. The molecule has 4 nitrogen and oxygen atoms in total. The van der Waals surface area contributed by atoms with Crippen molar-refractivity contribution in [3.63, 3.8) is 0 Å². The highest BCUT2D eigenvalue weighted by molar-refractivity contribution is 8.00. The molecule has 0 aliphatic heterocycles. The zero-order valence-corrected chi connectivity index (χ0v) is 16.4. The Morgan fingerprint density at radius 3 is 2.63 bits per heavy atom. The van der Waals surface area contributed by atoms with Gasteiger partial charge in [-0.05, 0) is 54.8 Å². The Balaban J connectivity index is 1.81. The van der Waals surface area contributed by atoms with Crippen LogP contribution in [0.3, 0.4) is 0 Å². The molecule has 2 aromatic carbocycles. The van der Waals surface area contributed by atoms with Crippen LogP contribution in [0.2, 0.25) is 0 Å². The monoisotopic (exact) mass is 375 g/mol. The number of thioether (sulfide) groups is 1. The maximum Gasteiger partial charge on any atom is 0.237 e. The Bertz CT molecular complexity index is 1040. The van der Waals surface area contributed by atoms with Crippen molar-refractivity contribution in [3.05, 3.63) is 65.4 Å². The van der Waals surface area contributed by atoms with Gasteiger partial charge in [-0.2, -0.15) is 5.26 Å². The van der Waals surface area contributed by atoms with Gasteiger partial charge in [-0.15, -0.1) is 0 Å². The van der Waals surface area contributed by atoms with Crippen LogP contribution in [0, 0.1) is 25.2 Å². The predicted octanol–water partition coefficient (Wildman–Crippen LogP) is 5.23. The number of carbonyl (C=O) groups excluding carboxylic acids is 1. The van der Waals surface area contributed by atoms with E-state index in [0.717, 1.165) is 27.7 Å². The van der Waals surface area contributed by atoms with E-state index >= 15 is 0 Å². The summed E-state index contributed by atoms with van der Waals surface area (Å²) in [7, 11) is 0. The zero-order chi connectivity index (χ0) is 19.4. The molecule has 0 saturated carbocycles. The van der Waals surface area contributed by atoms with Gasteiger partial charge < -0.3 is 5.32 Å². The summed E-state index contributed by atoms with van der Waals surface area (Å²) >= 11 is 1.35. The third-order valence-corrected chi connectivity index (χ3v) is 5.71. The van der Waals surface area contributed by atoms with E-state index in [1.165, 1.54) is 11.8 Å². The van der Waals surface area contributed by atoms with E-state index in [0.29, 0.717) is 17.0 Å². The second-order valence-electron chi connectivity index (χ2n) is 6.44. The molecule has 0 unspecified atom stereocenters. The van der Waals surface area contributed by atoms with Crippen LogP contribution in [-0.2, 0) is 4.79 Å². The highest BCUT2D eigenvalue weighted by Crippen LogP contribution is 2.30. The van der Waals surface area contributed by atoms with E-state index in [9.17, 15) is 10.1 Å². The van der Waals surface area contributed by atoms with Gasteiger partial charge in [-0.25, -0.2) is 4.98 Å². The van der Waals surface area contributed by atoms with Crippen LogP contribution in [0.25, 0.3) is 10.8 Å². The molecule has 1 heterocycles. The molecule has 5 heteroatoms. The van der Waals surface area contributed by atoms with E-state index in [4.69, 9.17) is 0 Å². The molecule has 0 spiro atoms. The highest BCUT2D eigenvalue weighted by Gasteiger charge is 2.21. The predicted molar refractivity (Wildman–Crippen MR) is 111 cm³/mol. The van der Waals surface area contributed by atoms with Gasteiger partial charge in [0, 0.05) is 11.4 Å². The van der Waals surface area contributed by atoms with Crippen molar-refractivity contribution in [2.75, 3.05) is 5.32 Å². The zero-order valence-electron chi connectivity index (χ0n) is 15.6. The number of aromatic nitrogens is 1. The average molecular weight is 375 g/mol. The van der Waals surface area contributed by atoms with Crippen LogP contribution in [0.15, 0.2) is 53.6 Å². The summed E-state index contributed by atoms with van der Waals surface area (Å²) in [6, 6.07) is 18.0. The van der Waals surface area contributed by atoms with Gasteiger partial charge >= 0.3 is 0 Å². The van der Waals surface area contributed by atoms with Gasteiger partial charge in [0.2, 0.25) is 5.91 Å². The molecule has 1 atom stereocenters. The fourth-order valence-corrected chi connectivity index (χ4v) is 4.09. The van der Waals surface area contributed by atoms with Crippen LogP contribution in [0.1, 0.15) is 30.2 Å². The number of nitrogens with one attached hydrogen (secondary N) is 1. The highest BCUT2D eigenvalue weighted by atomic mass is 32.2. The van der Waals surface area contributed by atoms with Crippen molar-refractivity contribution in [1.82, 2.24) is 4.98 Å². The number of aryl methyl sites for hydroxylation is 2. The quantitative estimate of drug-likeness (QED) is 0.620. The second kappa shape index (κ2) is 8.24. The number of nitriles is 1. The summed E-state index contributed by atoms with van der Waals surface area (Å²) in [5.41, 5.74) is 3.05. The third kappa shape index (κ3) is 4.29. The minimum absolute atomic E-state index is 0.0809. The Kier molecular flexibility index (Phi) is 5.78. The number of carbonyl (C=O) groups is 1. The lowest BCUT2D eigenvalue weighted by molar-refractivity contribution is -0.115. The molecule has 3 aromatic rings. The molecule has 1 N–H and O–H groups in total. The third-order valence-electron chi connectivity index (χ3n) is 4.36. The lowest BCUT2D eigenvalue weighted by atomic mass is 10.1. The standard InChI is InChI=1S/C22H21N3OS/c1-4-20(27-22-19(13-23)14(2)11-15(3)24-22)21(26)25-18-10-9-16-7-5-6-8-17(16)12-18/h5-12,20H,4H2,1-3H3,(H,25,26)/t20-/m0/s1.